The lowest BCUT2D eigenvalue weighted by molar-refractivity contribution is -0.116. The van der Waals surface area contributed by atoms with Gasteiger partial charge in [-0.1, -0.05) is 12.2 Å². The van der Waals surface area contributed by atoms with Gasteiger partial charge in [-0.2, -0.15) is 0 Å². The number of carbonyl (C=O) groups excluding carboxylic acids is 1. The number of hydrogen-bond donors (Lipinski definition) is 1. The lowest BCUT2D eigenvalue weighted by Gasteiger charge is -2.12. The highest BCUT2D eigenvalue weighted by Crippen LogP contribution is 2.30. The molecule has 1 aromatic carbocycles. The molecule has 0 radical (unpaired) electrons. The fourth-order valence-electron chi connectivity index (χ4n) is 2.34. The minimum atomic E-state index is 0.0350. The van der Waals surface area contributed by atoms with E-state index in [1.807, 2.05) is 19.1 Å². The molecule has 0 saturated heterocycles. The smallest absolute Gasteiger partial charge is 0.224 e. The van der Waals surface area contributed by atoms with Crippen LogP contribution in [0.15, 0.2) is 30.4 Å². The van der Waals surface area contributed by atoms with Crippen molar-refractivity contribution in [1.82, 2.24) is 0 Å². The molecule has 0 heterocycles. The van der Waals surface area contributed by atoms with Crippen molar-refractivity contribution in [2.45, 2.75) is 26.2 Å². The Kier molecular flexibility index (Phi) is 5.04. The molecule has 0 aliphatic heterocycles. The molecular weight excluding hydrogens is 254 g/mol. The van der Waals surface area contributed by atoms with Crippen molar-refractivity contribution < 1.29 is 14.3 Å². The summed E-state index contributed by atoms with van der Waals surface area (Å²) in [5.74, 6) is 1.73. The molecule has 0 fully saturated rings. The number of methoxy groups -OCH3 is 1. The quantitative estimate of drug-likeness (QED) is 0.809. The van der Waals surface area contributed by atoms with Crippen LogP contribution in [0.4, 0.5) is 5.69 Å². The Morgan fingerprint density at radius 2 is 2.25 bits per heavy atom. The topological polar surface area (TPSA) is 47.6 Å². The van der Waals surface area contributed by atoms with Crippen LogP contribution in [0.2, 0.25) is 0 Å². The van der Waals surface area contributed by atoms with E-state index in [0.717, 1.165) is 18.5 Å². The van der Waals surface area contributed by atoms with Gasteiger partial charge in [0.25, 0.3) is 0 Å². The molecule has 4 heteroatoms. The van der Waals surface area contributed by atoms with Crippen molar-refractivity contribution in [3.63, 3.8) is 0 Å². The standard InChI is InChI=1S/C16H21NO3/c1-3-20-14-9-8-13(11-15(14)19-2)17-16(18)10-12-6-4-5-7-12/h4,6,8-9,11-12H,3,5,7,10H2,1-2H3,(H,17,18)/t12-/m1/s1. The van der Waals surface area contributed by atoms with Crippen LogP contribution in [0, 0.1) is 5.92 Å². The van der Waals surface area contributed by atoms with Crippen LogP contribution in [0.5, 0.6) is 11.5 Å². The van der Waals surface area contributed by atoms with Crippen molar-refractivity contribution in [2.75, 3.05) is 19.0 Å². The molecule has 1 atom stereocenters. The summed E-state index contributed by atoms with van der Waals surface area (Å²) in [6, 6.07) is 5.43. The van der Waals surface area contributed by atoms with Gasteiger partial charge in [-0.15, -0.1) is 0 Å². The Labute approximate surface area is 119 Å². The highest BCUT2D eigenvalue weighted by atomic mass is 16.5. The predicted molar refractivity (Wildman–Crippen MR) is 79.3 cm³/mol. The molecule has 108 valence electrons. The van der Waals surface area contributed by atoms with E-state index >= 15 is 0 Å². The van der Waals surface area contributed by atoms with Crippen LogP contribution < -0.4 is 14.8 Å². The van der Waals surface area contributed by atoms with Crippen LogP contribution in [0.25, 0.3) is 0 Å². The van der Waals surface area contributed by atoms with Crippen molar-refractivity contribution in [2.24, 2.45) is 5.92 Å². The first-order valence-corrected chi connectivity index (χ1v) is 7.00. The zero-order valence-corrected chi connectivity index (χ0v) is 12.0. The van der Waals surface area contributed by atoms with Crippen LogP contribution in [0.3, 0.4) is 0 Å². The predicted octanol–water partition coefficient (Wildman–Crippen LogP) is 3.39. The highest BCUT2D eigenvalue weighted by Gasteiger charge is 2.14. The Balaban J connectivity index is 1.98. The maximum absolute atomic E-state index is 12.0. The van der Waals surface area contributed by atoms with Gasteiger partial charge in [0.05, 0.1) is 13.7 Å². The molecule has 0 unspecified atom stereocenters. The SMILES string of the molecule is CCOc1ccc(NC(=O)C[C@@H]2C=CCC2)cc1OC. The van der Waals surface area contributed by atoms with Crippen molar-refractivity contribution in [3.05, 3.63) is 30.4 Å². The van der Waals surface area contributed by atoms with E-state index in [0.29, 0.717) is 30.4 Å². The maximum atomic E-state index is 12.0. The van der Waals surface area contributed by atoms with Gasteiger partial charge in [-0.3, -0.25) is 4.79 Å². The first-order valence-electron chi connectivity index (χ1n) is 7.00. The molecule has 0 aromatic heterocycles. The summed E-state index contributed by atoms with van der Waals surface area (Å²) in [5, 5.41) is 2.90. The lowest BCUT2D eigenvalue weighted by atomic mass is 10.1. The number of anilines is 1. The molecule has 1 aromatic rings. The zero-order valence-electron chi connectivity index (χ0n) is 12.0. The first-order chi connectivity index (χ1) is 9.72. The van der Waals surface area contributed by atoms with Gasteiger partial charge >= 0.3 is 0 Å². The minimum Gasteiger partial charge on any atom is -0.493 e. The van der Waals surface area contributed by atoms with E-state index in [2.05, 4.69) is 17.5 Å². The summed E-state index contributed by atoms with van der Waals surface area (Å²) in [6.45, 7) is 2.50. The number of rotatable bonds is 6. The third-order valence-corrected chi connectivity index (χ3v) is 3.31. The van der Waals surface area contributed by atoms with E-state index < -0.39 is 0 Å². The summed E-state index contributed by atoms with van der Waals surface area (Å²) in [4.78, 5) is 12.0. The molecule has 0 bridgehead atoms. The van der Waals surface area contributed by atoms with Crippen molar-refractivity contribution >= 4 is 11.6 Å². The number of nitrogens with one attached hydrogen (secondary N) is 1. The summed E-state index contributed by atoms with van der Waals surface area (Å²) < 4.78 is 10.7. The lowest BCUT2D eigenvalue weighted by Crippen LogP contribution is -2.14. The molecule has 1 aliphatic rings. The Bertz CT molecular complexity index is 496. The average Bonchev–Trinajstić information content (AvgIpc) is 2.93. The monoisotopic (exact) mass is 275 g/mol. The van der Waals surface area contributed by atoms with Gasteiger partial charge in [0.15, 0.2) is 11.5 Å². The summed E-state index contributed by atoms with van der Waals surface area (Å²) in [7, 11) is 1.59. The maximum Gasteiger partial charge on any atom is 0.224 e. The fourth-order valence-corrected chi connectivity index (χ4v) is 2.34. The van der Waals surface area contributed by atoms with E-state index in [-0.39, 0.29) is 5.91 Å². The third-order valence-electron chi connectivity index (χ3n) is 3.31. The Hall–Kier alpha value is -1.97. The second kappa shape index (κ2) is 6.98. The molecular formula is C16H21NO3. The van der Waals surface area contributed by atoms with Crippen LogP contribution in [0.1, 0.15) is 26.2 Å². The van der Waals surface area contributed by atoms with E-state index in [1.54, 1.807) is 13.2 Å². The van der Waals surface area contributed by atoms with Gasteiger partial charge in [0.1, 0.15) is 0 Å². The largest absolute Gasteiger partial charge is 0.493 e. The number of ether oxygens (including phenoxy) is 2. The number of carbonyl (C=O) groups is 1. The third kappa shape index (κ3) is 3.76. The van der Waals surface area contributed by atoms with E-state index in [9.17, 15) is 4.79 Å². The van der Waals surface area contributed by atoms with E-state index in [4.69, 9.17) is 9.47 Å². The number of benzene rings is 1. The Morgan fingerprint density at radius 1 is 1.40 bits per heavy atom. The highest BCUT2D eigenvalue weighted by molar-refractivity contribution is 5.91. The number of amides is 1. The van der Waals surface area contributed by atoms with Gasteiger partial charge in [0, 0.05) is 18.2 Å². The zero-order chi connectivity index (χ0) is 14.4. The Morgan fingerprint density at radius 3 is 2.90 bits per heavy atom. The second-order valence-corrected chi connectivity index (χ2v) is 4.82. The van der Waals surface area contributed by atoms with Crippen molar-refractivity contribution in [1.29, 1.82) is 0 Å². The van der Waals surface area contributed by atoms with Crippen LogP contribution >= 0.6 is 0 Å². The minimum absolute atomic E-state index is 0.0350. The summed E-state index contributed by atoms with van der Waals surface area (Å²) >= 11 is 0. The van der Waals surface area contributed by atoms with E-state index in [1.165, 1.54) is 0 Å². The summed E-state index contributed by atoms with van der Waals surface area (Å²) in [5.41, 5.74) is 0.734. The van der Waals surface area contributed by atoms with Gasteiger partial charge in [-0.25, -0.2) is 0 Å². The molecule has 1 amide bonds. The van der Waals surface area contributed by atoms with Crippen LogP contribution in [-0.4, -0.2) is 19.6 Å². The van der Waals surface area contributed by atoms with Gasteiger partial charge in [0.2, 0.25) is 5.91 Å². The first kappa shape index (κ1) is 14.4. The van der Waals surface area contributed by atoms with Crippen molar-refractivity contribution in [3.8, 4) is 11.5 Å². The van der Waals surface area contributed by atoms with Crippen LogP contribution in [-0.2, 0) is 4.79 Å². The molecule has 0 spiro atoms. The second-order valence-electron chi connectivity index (χ2n) is 4.82. The van der Waals surface area contributed by atoms with Gasteiger partial charge < -0.3 is 14.8 Å². The number of allylic oxidation sites excluding steroid dienone is 2. The molecule has 20 heavy (non-hydrogen) atoms. The molecule has 1 aliphatic carbocycles. The average molecular weight is 275 g/mol. The van der Waals surface area contributed by atoms with Gasteiger partial charge in [-0.05, 0) is 37.8 Å². The normalized spacial score (nSPS) is 17.0. The summed E-state index contributed by atoms with van der Waals surface area (Å²) in [6.07, 6.45) is 6.94. The molecule has 2 rings (SSSR count). The number of hydrogen-bond acceptors (Lipinski definition) is 3. The molecule has 4 nitrogen and oxygen atoms in total. The molecule has 1 N–H and O–H groups in total. The molecule has 0 saturated carbocycles. The fraction of sp³-hybridized carbons (Fsp3) is 0.438.